The van der Waals surface area contributed by atoms with Gasteiger partial charge in [-0.3, -0.25) is 4.90 Å². The van der Waals surface area contributed by atoms with Gasteiger partial charge in [-0.25, -0.2) is 4.39 Å². The van der Waals surface area contributed by atoms with Crippen LogP contribution in [-0.4, -0.2) is 49.3 Å². The maximum absolute atomic E-state index is 13.7. The van der Waals surface area contributed by atoms with Gasteiger partial charge in [-0.15, -0.1) is 0 Å². The van der Waals surface area contributed by atoms with Crippen molar-refractivity contribution in [2.75, 3.05) is 39.5 Å². The first kappa shape index (κ1) is 14.2. The molecule has 1 aliphatic heterocycles. The maximum atomic E-state index is 13.7. The van der Waals surface area contributed by atoms with Crippen LogP contribution in [0.15, 0.2) is 18.2 Å². The molecule has 0 aromatic heterocycles. The molecule has 1 aromatic carbocycles. The van der Waals surface area contributed by atoms with Gasteiger partial charge < -0.3 is 15.2 Å². The standard InChI is InChI=1S/C13H17FN2O2S/c14-11-9-10(13(15)19)1-2-12(11)18-8-5-16-3-6-17-7-4-16/h1-2,9H,3-8H2,(H2,15,19). The van der Waals surface area contributed by atoms with E-state index >= 15 is 0 Å². The molecule has 0 saturated carbocycles. The van der Waals surface area contributed by atoms with Gasteiger partial charge >= 0.3 is 0 Å². The number of nitrogens with zero attached hydrogens (tertiary/aromatic N) is 1. The van der Waals surface area contributed by atoms with E-state index in [4.69, 9.17) is 27.4 Å². The number of nitrogens with two attached hydrogens (primary N) is 1. The molecule has 1 aromatic rings. The number of benzene rings is 1. The summed E-state index contributed by atoms with van der Waals surface area (Å²) in [6.45, 7) is 4.50. The number of morpholine rings is 1. The Bertz CT molecular complexity index is 450. The molecular formula is C13H17FN2O2S. The summed E-state index contributed by atoms with van der Waals surface area (Å²) in [6.07, 6.45) is 0. The molecule has 2 N–H and O–H groups in total. The molecule has 104 valence electrons. The van der Waals surface area contributed by atoms with Gasteiger partial charge in [0, 0.05) is 25.2 Å². The van der Waals surface area contributed by atoms with E-state index in [-0.39, 0.29) is 10.7 Å². The lowest BCUT2D eigenvalue weighted by atomic mass is 10.2. The van der Waals surface area contributed by atoms with Crippen molar-refractivity contribution >= 4 is 17.2 Å². The highest BCUT2D eigenvalue weighted by Gasteiger charge is 2.11. The Morgan fingerprint density at radius 1 is 1.42 bits per heavy atom. The van der Waals surface area contributed by atoms with Gasteiger partial charge in [0.2, 0.25) is 0 Å². The third kappa shape index (κ3) is 4.12. The Morgan fingerprint density at radius 3 is 2.79 bits per heavy atom. The SMILES string of the molecule is NC(=S)c1ccc(OCCN2CCOCC2)c(F)c1. The van der Waals surface area contributed by atoms with Crippen molar-refractivity contribution in [2.45, 2.75) is 0 Å². The molecule has 4 nitrogen and oxygen atoms in total. The highest BCUT2D eigenvalue weighted by Crippen LogP contribution is 2.18. The van der Waals surface area contributed by atoms with Gasteiger partial charge in [0.15, 0.2) is 11.6 Å². The van der Waals surface area contributed by atoms with Gasteiger partial charge in [-0.2, -0.15) is 0 Å². The number of rotatable bonds is 5. The van der Waals surface area contributed by atoms with Crippen LogP contribution in [0.2, 0.25) is 0 Å². The first-order chi connectivity index (χ1) is 9.16. The number of thiocarbonyl (C=S) groups is 1. The van der Waals surface area contributed by atoms with Crippen LogP contribution in [0.5, 0.6) is 5.75 Å². The normalized spacial score (nSPS) is 16.3. The summed E-state index contributed by atoms with van der Waals surface area (Å²) in [5.74, 6) is -0.208. The predicted octanol–water partition coefficient (Wildman–Crippen LogP) is 1.17. The van der Waals surface area contributed by atoms with Crippen LogP contribution in [0.25, 0.3) is 0 Å². The van der Waals surface area contributed by atoms with E-state index in [1.54, 1.807) is 12.1 Å². The molecule has 1 aliphatic rings. The van der Waals surface area contributed by atoms with E-state index in [1.807, 2.05) is 0 Å². The number of hydrogen-bond donors (Lipinski definition) is 1. The summed E-state index contributed by atoms with van der Waals surface area (Å²) in [5, 5.41) is 0. The second kappa shape index (κ2) is 6.79. The third-order valence-corrected chi connectivity index (χ3v) is 3.22. The molecule has 6 heteroatoms. The predicted molar refractivity (Wildman–Crippen MR) is 75.0 cm³/mol. The zero-order valence-electron chi connectivity index (χ0n) is 10.6. The Hall–Kier alpha value is -1.24. The van der Waals surface area contributed by atoms with Crippen LogP contribution in [0, 0.1) is 5.82 Å². The van der Waals surface area contributed by atoms with Crippen molar-refractivity contribution in [3.8, 4) is 5.75 Å². The number of halogens is 1. The quantitative estimate of drug-likeness (QED) is 0.823. The minimum atomic E-state index is -0.438. The second-order valence-corrected chi connectivity index (χ2v) is 4.75. The van der Waals surface area contributed by atoms with Gasteiger partial charge in [0.1, 0.15) is 11.6 Å². The molecular weight excluding hydrogens is 267 g/mol. The van der Waals surface area contributed by atoms with Crippen molar-refractivity contribution in [2.24, 2.45) is 5.73 Å². The monoisotopic (exact) mass is 284 g/mol. The van der Waals surface area contributed by atoms with Crippen LogP contribution in [0.3, 0.4) is 0 Å². The summed E-state index contributed by atoms with van der Waals surface area (Å²) < 4.78 is 24.4. The molecule has 0 unspecified atom stereocenters. The van der Waals surface area contributed by atoms with Crippen molar-refractivity contribution in [3.63, 3.8) is 0 Å². The topological polar surface area (TPSA) is 47.7 Å². The molecule has 0 radical (unpaired) electrons. The Morgan fingerprint density at radius 2 is 2.16 bits per heavy atom. The molecule has 0 amide bonds. The first-order valence-corrected chi connectivity index (χ1v) is 6.60. The van der Waals surface area contributed by atoms with E-state index in [2.05, 4.69) is 4.90 Å². The van der Waals surface area contributed by atoms with Crippen molar-refractivity contribution in [1.82, 2.24) is 4.90 Å². The van der Waals surface area contributed by atoms with E-state index in [9.17, 15) is 4.39 Å². The fourth-order valence-corrected chi connectivity index (χ4v) is 2.01. The summed E-state index contributed by atoms with van der Waals surface area (Å²) in [5.41, 5.74) is 5.94. The van der Waals surface area contributed by atoms with Crippen LogP contribution >= 0.6 is 12.2 Å². The zero-order chi connectivity index (χ0) is 13.7. The first-order valence-electron chi connectivity index (χ1n) is 6.19. The van der Waals surface area contributed by atoms with E-state index in [0.717, 1.165) is 32.8 Å². The minimum absolute atomic E-state index is 0.179. The van der Waals surface area contributed by atoms with Crippen LogP contribution in [0.1, 0.15) is 5.56 Å². The molecule has 1 fully saturated rings. The van der Waals surface area contributed by atoms with Crippen molar-refractivity contribution < 1.29 is 13.9 Å². The lowest BCUT2D eigenvalue weighted by Gasteiger charge is -2.26. The Kier molecular flexibility index (Phi) is 5.07. The fraction of sp³-hybridized carbons (Fsp3) is 0.462. The fourth-order valence-electron chi connectivity index (χ4n) is 1.88. The minimum Gasteiger partial charge on any atom is -0.489 e. The average Bonchev–Trinajstić information content (AvgIpc) is 2.41. The molecule has 0 aliphatic carbocycles. The third-order valence-electron chi connectivity index (χ3n) is 2.99. The number of ether oxygens (including phenoxy) is 2. The molecule has 1 heterocycles. The van der Waals surface area contributed by atoms with E-state index < -0.39 is 5.82 Å². The van der Waals surface area contributed by atoms with Gasteiger partial charge in [0.25, 0.3) is 0 Å². The van der Waals surface area contributed by atoms with E-state index in [1.165, 1.54) is 6.07 Å². The summed E-state index contributed by atoms with van der Waals surface area (Å²) in [6, 6.07) is 4.52. The van der Waals surface area contributed by atoms with Crippen LogP contribution in [0.4, 0.5) is 4.39 Å². The lowest BCUT2D eigenvalue weighted by Crippen LogP contribution is -2.38. The zero-order valence-corrected chi connectivity index (χ0v) is 11.4. The summed E-state index contributed by atoms with van der Waals surface area (Å²) in [7, 11) is 0. The number of hydrogen-bond acceptors (Lipinski definition) is 4. The van der Waals surface area contributed by atoms with Gasteiger partial charge in [-0.05, 0) is 18.2 Å². The molecule has 1 saturated heterocycles. The molecule has 0 spiro atoms. The maximum Gasteiger partial charge on any atom is 0.165 e. The van der Waals surface area contributed by atoms with Crippen LogP contribution < -0.4 is 10.5 Å². The molecule has 19 heavy (non-hydrogen) atoms. The molecule has 2 rings (SSSR count). The van der Waals surface area contributed by atoms with Crippen LogP contribution in [-0.2, 0) is 4.74 Å². The van der Waals surface area contributed by atoms with Crippen molar-refractivity contribution in [1.29, 1.82) is 0 Å². The average molecular weight is 284 g/mol. The second-order valence-electron chi connectivity index (χ2n) is 4.31. The summed E-state index contributed by atoms with van der Waals surface area (Å²) in [4.78, 5) is 2.41. The molecule has 0 bridgehead atoms. The smallest absolute Gasteiger partial charge is 0.165 e. The van der Waals surface area contributed by atoms with E-state index in [0.29, 0.717) is 12.2 Å². The molecule has 0 atom stereocenters. The highest BCUT2D eigenvalue weighted by molar-refractivity contribution is 7.80. The lowest BCUT2D eigenvalue weighted by molar-refractivity contribution is 0.0320. The Labute approximate surface area is 117 Å². The summed E-state index contributed by atoms with van der Waals surface area (Å²) >= 11 is 4.79. The van der Waals surface area contributed by atoms with Gasteiger partial charge in [-0.1, -0.05) is 12.2 Å². The largest absolute Gasteiger partial charge is 0.489 e. The highest BCUT2D eigenvalue weighted by atomic mass is 32.1. The van der Waals surface area contributed by atoms with Crippen molar-refractivity contribution in [3.05, 3.63) is 29.6 Å². The Balaban J connectivity index is 1.83. The van der Waals surface area contributed by atoms with Gasteiger partial charge in [0.05, 0.1) is 13.2 Å².